The molecule has 1 aliphatic heterocycles. The highest BCUT2D eigenvalue weighted by Crippen LogP contribution is 2.45. The molecule has 7 nitrogen and oxygen atoms in total. The quantitative estimate of drug-likeness (QED) is 0.250. The van der Waals surface area contributed by atoms with Crippen molar-refractivity contribution < 1.29 is 19.1 Å². The van der Waals surface area contributed by atoms with Gasteiger partial charge in [-0.2, -0.15) is 0 Å². The minimum Gasteiger partial charge on any atom is -0.480 e. The molecule has 2 heterocycles. The number of aliphatic carboxylic acids is 1. The van der Waals surface area contributed by atoms with E-state index in [1.165, 1.54) is 37.6 Å². The van der Waals surface area contributed by atoms with E-state index >= 15 is 0 Å². The summed E-state index contributed by atoms with van der Waals surface area (Å²) in [5.41, 5.74) is 15.3. The molecular weight excluding hydrogens is 527 g/mol. The van der Waals surface area contributed by atoms with E-state index in [4.69, 9.17) is 5.11 Å². The van der Waals surface area contributed by atoms with E-state index in [9.17, 15) is 14.0 Å². The number of aromatic nitrogens is 1. The molecule has 220 valence electrons. The summed E-state index contributed by atoms with van der Waals surface area (Å²) in [5.74, 6) is -0.177. The van der Waals surface area contributed by atoms with Crippen molar-refractivity contribution in [1.82, 2.24) is 3.97 Å². The van der Waals surface area contributed by atoms with E-state index in [-0.39, 0.29) is 17.8 Å². The van der Waals surface area contributed by atoms with Gasteiger partial charge in [-0.3, -0.25) is 13.6 Å². The molecule has 0 unspecified atom stereocenters. The molecule has 6 N–H and O–H groups in total. The highest BCUT2D eigenvalue weighted by Gasteiger charge is 2.31. The molecule has 1 fully saturated rings. The fourth-order valence-corrected chi connectivity index (χ4v) is 6.25. The molecule has 3 aromatic rings. The maximum atomic E-state index is 14.1. The second-order valence-electron chi connectivity index (χ2n) is 10.4. The van der Waals surface area contributed by atoms with Gasteiger partial charge in [0.15, 0.2) is 6.29 Å². The zero-order valence-corrected chi connectivity index (χ0v) is 25.2. The van der Waals surface area contributed by atoms with Crippen molar-refractivity contribution in [1.29, 1.82) is 0 Å². The van der Waals surface area contributed by atoms with Gasteiger partial charge in [0.25, 0.3) is 0 Å². The summed E-state index contributed by atoms with van der Waals surface area (Å²) < 4.78 is 16.3. The third-order valence-electron chi connectivity index (χ3n) is 6.82. The molecule has 1 aliphatic carbocycles. The summed E-state index contributed by atoms with van der Waals surface area (Å²) in [4.78, 5) is 21.0. The van der Waals surface area contributed by atoms with Gasteiger partial charge in [0, 0.05) is 39.7 Å². The Bertz CT molecular complexity index is 1270. The maximum absolute atomic E-state index is 14.1. The van der Waals surface area contributed by atoms with Crippen molar-refractivity contribution in [3.63, 3.8) is 0 Å². The van der Waals surface area contributed by atoms with Gasteiger partial charge in [0.2, 0.25) is 0 Å². The molecule has 1 aromatic heterocycles. The lowest BCUT2D eigenvalue weighted by Gasteiger charge is -2.31. The molecular formula is C31H45FN4O3S. The summed E-state index contributed by atoms with van der Waals surface area (Å²) in [6.07, 6.45) is 7.95. The van der Waals surface area contributed by atoms with E-state index in [0.717, 1.165) is 53.5 Å². The summed E-state index contributed by atoms with van der Waals surface area (Å²) in [6.45, 7) is 8.30. The zero-order chi connectivity index (χ0) is 29.9. The second kappa shape index (κ2) is 15.8. The number of carbonyl (C=O) groups excluding carboxylic acids is 1. The Morgan fingerprint density at radius 1 is 1.15 bits per heavy atom. The number of nitrogens with zero attached hydrogens (tertiary/aromatic N) is 1. The van der Waals surface area contributed by atoms with Crippen molar-refractivity contribution in [2.75, 3.05) is 24.7 Å². The van der Waals surface area contributed by atoms with Gasteiger partial charge in [-0.05, 0) is 79.6 Å². The number of aldehydes is 1. The van der Waals surface area contributed by atoms with Gasteiger partial charge in [0.1, 0.15) is 5.82 Å². The van der Waals surface area contributed by atoms with Gasteiger partial charge >= 0.3 is 5.97 Å². The Hall–Kier alpha value is -2.88. The molecule has 0 amide bonds. The van der Waals surface area contributed by atoms with Crippen molar-refractivity contribution >= 4 is 40.8 Å². The van der Waals surface area contributed by atoms with Crippen LogP contribution in [0.5, 0.6) is 0 Å². The van der Waals surface area contributed by atoms with E-state index in [0.29, 0.717) is 11.6 Å². The number of anilines is 1. The number of hydrogen-bond donors (Lipinski definition) is 4. The summed E-state index contributed by atoms with van der Waals surface area (Å²) in [6, 6.07) is 11.6. The average Bonchev–Trinajstić information content (AvgIpc) is 3.27. The second-order valence-corrected chi connectivity index (χ2v) is 11.3. The van der Waals surface area contributed by atoms with Crippen molar-refractivity contribution in [3.8, 4) is 11.1 Å². The number of carbonyl (C=O) groups is 2. The largest absolute Gasteiger partial charge is 0.480 e. The van der Waals surface area contributed by atoms with Crippen LogP contribution in [0.15, 0.2) is 36.4 Å². The lowest BCUT2D eigenvalue weighted by molar-refractivity contribution is -0.135. The maximum Gasteiger partial charge on any atom is 0.317 e. The highest BCUT2D eigenvalue weighted by molar-refractivity contribution is 7.98. The lowest BCUT2D eigenvalue weighted by atomic mass is 9.87. The first kappa shape index (κ1) is 33.3. The molecule has 1 saturated carbocycles. The highest BCUT2D eigenvalue weighted by atomic mass is 32.2. The molecule has 2 aliphatic rings. The molecule has 9 heteroatoms. The number of rotatable bonds is 5. The number of hydrogen-bond acceptors (Lipinski definition) is 6. The number of carboxylic acids is 1. The van der Waals surface area contributed by atoms with Crippen molar-refractivity contribution in [2.24, 2.45) is 16.9 Å². The van der Waals surface area contributed by atoms with E-state index in [2.05, 4.69) is 40.7 Å². The van der Waals surface area contributed by atoms with Crippen LogP contribution in [-0.4, -0.2) is 46.7 Å². The standard InChI is InChI=1S/C26H29FN2OS.C2H5NO2.C2H6.CH5N/c1-26(2)14-24-25(21-11-10-19(27)13-23(21)29(24)31-16-26)17-8-9-18(15-30)22(12-17)28-20-6-4-3-5-7-20;3-1-2(4)5;2*1-2/h8-13,15,20,28H,3-7,14,16H2,1-2H3;1,3H2,(H,4,5);1-2H3;2H2,1H3. The lowest BCUT2D eigenvalue weighted by Crippen LogP contribution is -2.25. The number of nitrogens with two attached hydrogens (primary N) is 2. The minimum absolute atomic E-state index is 0.175. The zero-order valence-electron chi connectivity index (χ0n) is 24.4. The molecule has 2 aromatic carbocycles. The van der Waals surface area contributed by atoms with Crippen LogP contribution in [0.2, 0.25) is 0 Å². The molecule has 40 heavy (non-hydrogen) atoms. The molecule has 0 bridgehead atoms. The Kier molecular flexibility index (Phi) is 13.2. The van der Waals surface area contributed by atoms with Crippen LogP contribution in [0.4, 0.5) is 10.1 Å². The Morgan fingerprint density at radius 2 is 1.80 bits per heavy atom. The van der Waals surface area contributed by atoms with Crippen LogP contribution in [0.25, 0.3) is 22.0 Å². The number of fused-ring (bicyclic) bond motifs is 3. The summed E-state index contributed by atoms with van der Waals surface area (Å²) in [7, 11) is 1.50. The summed E-state index contributed by atoms with van der Waals surface area (Å²) in [5, 5.41) is 12.3. The smallest absolute Gasteiger partial charge is 0.317 e. The van der Waals surface area contributed by atoms with Crippen LogP contribution in [0.3, 0.4) is 0 Å². The third kappa shape index (κ3) is 8.32. The number of carboxylic acid groups (broad SMARTS) is 1. The van der Waals surface area contributed by atoms with Crippen molar-refractivity contribution in [2.45, 2.75) is 72.3 Å². The van der Waals surface area contributed by atoms with Gasteiger partial charge < -0.3 is 21.9 Å². The first-order valence-corrected chi connectivity index (χ1v) is 15.0. The molecule has 0 atom stereocenters. The Balaban J connectivity index is 0.000000554. The predicted octanol–water partition coefficient (Wildman–Crippen LogP) is 6.71. The van der Waals surface area contributed by atoms with E-state index < -0.39 is 5.97 Å². The van der Waals surface area contributed by atoms with E-state index in [1.807, 2.05) is 32.0 Å². The normalized spacial score (nSPS) is 15.7. The van der Waals surface area contributed by atoms with Gasteiger partial charge in [-0.1, -0.05) is 53.0 Å². The first-order valence-electron chi connectivity index (χ1n) is 14.0. The van der Waals surface area contributed by atoms with Gasteiger partial charge in [-0.25, -0.2) is 4.39 Å². The van der Waals surface area contributed by atoms with Gasteiger partial charge in [0.05, 0.1) is 12.1 Å². The fourth-order valence-electron chi connectivity index (χ4n) is 5.07. The van der Waals surface area contributed by atoms with Crippen LogP contribution >= 0.6 is 11.9 Å². The molecule has 0 saturated heterocycles. The number of halogens is 1. The fraction of sp³-hybridized carbons (Fsp3) is 0.484. The Morgan fingerprint density at radius 3 is 2.40 bits per heavy atom. The monoisotopic (exact) mass is 572 g/mol. The molecule has 0 radical (unpaired) electrons. The molecule has 0 spiro atoms. The predicted molar refractivity (Wildman–Crippen MR) is 167 cm³/mol. The Labute approximate surface area is 242 Å². The van der Waals surface area contributed by atoms with Crippen LogP contribution in [0, 0.1) is 11.2 Å². The topological polar surface area (TPSA) is 123 Å². The van der Waals surface area contributed by atoms with Crippen molar-refractivity contribution in [3.05, 3.63) is 53.5 Å². The van der Waals surface area contributed by atoms with Gasteiger partial charge in [-0.15, -0.1) is 0 Å². The SMILES string of the molecule is CC.CC1(C)CSn2c(c(-c3ccc(C=O)c(NC4CCCCC4)c3)c3ccc(F)cc32)C1.CN.NCC(=O)O. The average molecular weight is 573 g/mol. The minimum atomic E-state index is -0.968. The molecule has 5 rings (SSSR count). The summed E-state index contributed by atoms with van der Waals surface area (Å²) >= 11 is 1.77. The first-order chi connectivity index (χ1) is 19.2. The van der Waals surface area contributed by atoms with Crippen LogP contribution < -0.4 is 16.8 Å². The number of benzene rings is 2. The third-order valence-corrected chi connectivity index (χ3v) is 8.41. The van der Waals surface area contributed by atoms with Crippen LogP contribution in [0.1, 0.15) is 75.9 Å². The van der Waals surface area contributed by atoms with E-state index in [1.54, 1.807) is 24.1 Å². The number of nitrogens with one attached hydrogen (secondary N) is 1. The van der Waals surface area contributed by atoms with Crippen LogP contribution in [-0.2, 0) is 11.2 Å².